The van der Waals surface area contributed by atoms with Gasteiger partial charge in [-0.15, -0.1) is 0 Å². The molecule has 4 aliphatic rings. The average Bonchev–Trinajstić information content (AvgIpc) is 3.21. The highest BCUT2D eigenvalue weighted by molar-refractivity contribution is 5.83. The third-order valence-electron chi connectivity index (χ3n) is 10.4. The normalized spacial score (nSPS) is 34.8. The van der Waals surface area contributed by atoms with Crippen LogP contribution in [0, 0.1) is 34.5 Å². The molecule has 0 radical (unpaired) electrons. The van der Waals surface area contributed by atoms with E-state index in [0.29, 0.717) is 24.3 Å². The van der Waals surface area contributed by atoms with Crippen molar-refractivity contribution in [3.05, 3.63) is 47.8 Å². The monoisotopic (exact) mass is 504 g/mol. The van der Waals surface area contributed by atoms with Crippen LogP contribution >= 0.6 is 0 Å². The van der Waals surface area contributed by atoms with E-state index in [1.807, 2.05) is 33.3 Å². The minimum absolute atomic E-state index is 0.0174. The summed E-state index contributed by atoms with van der Waals surface area (Å²) in [6.07, 6.45) is 16.6. The molecule has 6 atom stereocenters. The quantitative estimate of drug-likeness (QED) is 0.331. The number of rotatable bonds is 7. The molecule has 37 heavy (non-hydrogen) atoms. The van der Waals surface area contributed by atoms with Gasteiger partial charge < -0.3 is 4.74 Å². The number of aromatic nitrogens is 1. The molecule has 5 rings (SSSR count). The fourth-order valence-electron chi connectivity index (χ4n) is 8.21. The first kappa shape index (κ1) is 26.3. The zero-order valence-electron chi connectivity index (χ0n) is 23.3. The van der Waals surface area contributed by atoms with E-state index < -0.39 is 0 Å². The van der Waals surface area contributed by atoms with Crippen molar-refractivity contribution >= 4 is 17.3 Å². The first-order valence-corrected chi connectivity index (χ1v) is 14.3. The van der Waals surface area contributed by atoms with Crippen molar-refractivity contribution in [2.75, 3.05) is 20.1 Å². The second-order valence-corrected chi connectivity index (χ2v) is 13.0. The van der Waals surface area contributed by atoms with Crippen molar-refractivity contribution in [2.45, 2.75) is 78.7 Å². The lowest BCUT2D eigenvalue weighted by molar-refractivity contribution is -0.152. The Bertz CT molecular complexity index is 1090. The lowest BCUT2D eigenvalue weighted by Crippen LogP contribution is -2.50. The average molecular weight is 505 g/mol. The van der Waals surface area contributed by atoms with Gasteiger partial charge in [0.05, 0.1) is 13.1 Å². The Balaban J connectivity index is 1.23. The second-order valence-electron chi connectivity index (χ2n) is 13.0. The number of nitrogens with zero attached hydrogens (tertiary/aromatic N) is 2. The number of fused-ring (bicyclic) bond motifs is 5. The van der Waals surface area contributed by atoms with Crippen molar-refractivity contribution in [1.82, 2.24) is 9.88 Å². The molecule has 0 N–H and O–H groups in total. The van der Waals surface area contributed by atoms with Crippen LogP contribution in [0.4, 0.5) is 0 Å². The molecule has 0 amide bonds. The second kappa shape index (κ2) is 10.1. The molecule has 1 aromatic rings. The van der Waals surface area contributed by atoms with Gasteiger partial charge in [0.25, 0.3) is 0 Å². The van der Waals surface area contributed by atoms with Crippen molar-refractivity contribution in [3.63, 3.8) is 0 Å². The van der Waals surface area contributed by atoms with Gasteiger partial charge in [-0.25, -0.2) is 0 Å². The lowest BCUT2D eigenvalue weighted by atomic mass is 9.47. The maximum Gasteiger partial charge on any atom is 0.320 e. The zero-order valence-corrected chi connectivity index (χ0v) is 23.3. The molecule has 0 saturated heterocycles. The molecule has 5 heteroatoms. The van der Waals surface area contributed by atoms with Crippen molar-refractivity contribution < 1.29 is 14.3 Å². The minimum atomic E-state index is -0.213. The van der Waals surface area contributed by atoms with Crippen LogP contribution in [-0.4, -0.2) is 47.9 Å². The van der Waals surface area contributed by atoms with Crippen molar-refractivity contribution in [1.29, 1.82) is 0 Å². The van der Waals surface area contributed by atoms with E-state index >= 15 is 0 Å². The Kier molecular flexibility index (Phi) is 7.21. The van der Waals surface area contributed by atoms with Crippen LogP contribution < -0.4 is 0 Å². The van der Waals surface area contributed by atoms with Crippen LogP contribution in [0.5, 0.6) is 0 Å². The highest BCUT2D eigenvalue weighted by Gasteiger charge is 2.57. The molecule has 4 aliphatic carbocycles. The van der Waals surface area contributed by atoms with Crippen LogP contribution in [0.15, 0.2) is 42.3 Å². The van der Waals surface area contributed by atoms with Gasteiger partial charge in [-0.05, 0) is 91.4 Å². The summed E-state index contributed by atoms with van der Waals surface area (Å²) in [6.45, 7) is 9.25. The number of carbonyl (C=O) groups is 2. The summed E-state index contributed by atoms with van der Waals surface area (Å²) in [5.74, 6) is 2.03. The van der Waals surface area contributed by atoms with E-state index in [1.54, 1.807) is 4.90 Å². The van der Waals surface area contributed by atoms with Crippen molar-refractivity contribution in [2.24, 2.45) is 34.5 Å². The third-order valence-corrected chi connectivity index (χ3v) is 10.4. The summed E-state index contributed by atoms with van der Waals surface area (Å²) < 4.78 is 5.94. The first-order chi connectivity index (χ1) is 17.6. The molecule has 1 aromatic heterocycles. The molecule has 0 aliphatic heterocycles. The lowest BCUT2D eigenvalue weighted by Gasteiger charge is -2.57. The molecular weight excluding hydrogens is 460 g/mol. The molecule has 2 saturated carbocycles. The number of Topliss-reactive ketones (excluding diaryl/α,β-unsaturated/α-hetero) is 1. The Hall–Kier alpha value is -2.27. The van der Waals surface area contributed by atoms with Crippen LogP contribution in [0.25, 0.3) is 5.57 Å². The number of hydrogen-bond acceptors (Lipinski definition) is 5. The predicted octanol–water partition coefficient (Wildman–Crippen LogP) is 6.11. The number of ketones is 1. The summed E-state index contributed by atoms with van der Waals surface area (Å²) in [5.41, 5.74) is 4.78. The van der Waals surface area contributed by atoms with Gasteiger partial charge in [0.1, 0.15) is 11.9 Å². The predicted molar refractivity (Wildman–Crippen MR) is 147 cm³/mol. The molecule has 0 spiro atoms. The van der Waals surface area contributed by atoms with Gasteiger partial charge in [-0.2, -0.15) is 0 Å². The number of esters is 1. The van der Waals surface area contributed by atoms with Gasteiger partial charge >= 0.3 is 5.97 Å². The van der Waals surface area contributed by atoms with Crippen LogP contribution in [-0.2, 0) is 14.3 Å². The Labute approximate surface area is 222 Å². The summed E-state index contributed by atoms with van der Waals surface area (Å²) in [6, 6.07) is 4.28. The summed E-state index contributed by atoms with van der Waals surface area (Å²) in [5, 5.41) is 0. The topological polar surface area (TPSA) is 59.5 Å². The largest absolute Gasteiger partial charge is 0.461 e. The van der Waals surface area contributed by atoms with E-state index in [1.165, 1.54) is 36.0 Å². The summed E-state index contributed by atoms with van der Waals surface area (Å²) in [4.78, 5) is 30.8. The minimum Gasteiger partial charge on any atom is -0.461 e. The summed E-state index contributed by atoms with van der Waals surface area (Å²) in [7, 11) is 1.82. The number of hydrogen-bond donors (Lipinski definition) is 0. The molecular formula is C32H44N2O3. The van der Waals surface area contributed by atoms with Gasteiger partial charge in [0, 0.05) is 24.7 Å². The Morgan fingerprint density at radius 3 is 2.59 bits per heavy atom. The number of likely N-dealkylation sites (N-methyl/N-ethyl adjacent to an activating group) is 1. The van der Waals surface area contributed by atoms with Gasteiger partial charge in [-0.1, -0.05) is 51.5 Å². The molecule has 0 aromatic carbocycles. The third kappa shape index (κ3) is 4.84. The first-order valence-electron chi connectivity index (χ1n) is 14.3. The number of pyridine rings is 1. The van der Waals surface area contributed by atoms with Crippen LogP contribution in [0.2, 0.25) is 0 Å². The highest BCUT2D eigenvalue weighted by atomic mass is 16.5. The number of allylic oxidation sites excluding steroid dienone is 3. The van der Waals surface area contributed by atoms with E-state index in [0.717, 1.165) is 25.7 Å². The smallest absolute Gasteiger partial charge is 0.320 e. The van der Waals surface area contributed by atoms with E-state index in [4.69, 9.17) is 4.74 Å². The fourth-order valence-corrected chi connectivity index (χ4v) is 8.21. The standard InChI is InChI=1S/C32H44N2O3/c1-21(2)29(35)19-34(5)20-30(36)37-24-12-14-31(3)23(17-24)8-9-25-27-11-10-26(22-7-6-16-33-18-22)32(27,4)15-13-28(25)31/h6-8,10,16,18,21,24-25,27-28H,9,11-15,17,19-20H2,1-5H3/t24-,25-,27-,28-,31-,32+/m0/s1. The SMILES string of the molecule is CC(C)C(=O)CN(C)CC(=O)O[C@H]1CC[C@@]2(C)C(=CC[C@@H]3[C@@H]2CC[C@]2(C)C(c4cccnc4)=CC[C@@H]32)C1. The Morgan fingerprint density at radius 1 is 1.08 bits per heavy atom. The maximum absolute atomic E-state index is 12.6. The molecule has 200 valence electrons. The van der Waals surface area contributed by atoms with E-state index in [9.17, 15) is 9.59 Å². The molecule has 1 heterocycles. The number of ether oxygens (including phenoxy) is 1. The van der Waals surface area contributed by atoms with Crippen LogP contribution in [0.1, 0.15) is 78.2 Å². The Morgan fingerprint density at radius 2 is 1.86 bits per heavy atom. The van der Waals surface area contributed by atoms with Gasteiger partial charge in [-0.3, -0.25) is 19.5 Å². The van der Waals surface area contributed by atoms with E-state index in [2.05, 4.69) is 43.1 Å². The van der Waals surface area contributed by atoms with Crippen LogP contribution in [0.3, 0.4) is 0 Å². The van der Waals surface area contributed by atoms with Gasteiger partial charge in [0.2, 0.25) is 0 Å². The molecule has 0 bridgehead atoms. The zero-order chi connectivity index (χ0) is 26.4. The molecule has 2 fully saturated rings. The highest BCUT2D eigenvalue weighted by Crippen LogP contribution is 2.66. The number of carbonyl (C=O) groups excluding carboxylic acids is 2. The maximum atomic E-state index is 12.6. The van der Waals surface area contributed by atoms with E-state index in [-0.39, 0.29) is 41.1 Å². The molecule has 5 nitrogen and oxygen atoms in total. The molecule has 0 unspecified atom stereocenters. The van der Waals surface area contributed by atoms with Gasteiger partial charge in [0.15, 0.2) is 0 Å². The summed E-state index contributed by atoms with van der Waals surface area (Å²) >= 11 is 0. The van der Waals surface area contributed by atoms with Crippen molar-refractivity contribution in [3.8, 4) is 0 Å². The fraction of sp³-hybridized carbons (Fsp3) is 0.656.